The van der Waals surface area contributed by atoms with E-state index in [9.17, 15) is 13.6 Å². The summed E-state index contributed by atoms with van der Waals surface area (Å²) in [5, 5.41) is 3.41. The summed E-state index contributed by atoms with van der Waals surface area (Å²) < 4.78 is 35.4. The molecule has 3 rings (SSSR count). The van der Waals surface area contributed by atoms with Crippen molar-refractivity contribution < 1.29 is 23.0 Å². The number of nitrogens with zero attached hydrogens (tertiary/aromatic N) is 1. The number of hydrogen-bond donors (Lipinski definition) is 1. The molecule has 0 spiro atoms. The maximum Gasteiger partial charge on any atom is 0.387 e. The molecule has 2 aromatic rings. The fourth-order valence-electron chi connectivity index (χ4n) is 3.35. The molecule has 152 valence electrons. The van der Waals surface area contributed by atoms with E-state index in [1.54, 1.807) is 30.0 Å². The van der Waals surface area contributed by atoms with Crippen molar-refractivity contribution >= 4 is 29.0 Å². The van der Waals surface area contributed by atoms with Crippen LogP contribution in [-0.4, -0.2) is 24.8 Å². The molecule has 0 fully saturated rings. The lowest BCUT2D eigenvalue weighted by molar-refractivity contribution is -0.136. The quantitative estimate of drug-likeness (QED) is 0.571. The summed E-state index contributed by atoms with van der Waals surface area (Å²) in [6.45, 7) is 0.693. The van der Waals surface area contributed by atoms with E-state index in [2.05, 4.69) is 10.1 Å². The molecule has 2 aromatic carbocycles. The summed E-state index contributed by atoms with van der Waals surface area (Å²) in [7, 11) is 1.27. The van der Waals surface area contributed by atoms with Crippen molar-refractivity contribution in [2.75, 3.05) is 12.0 Å². The standard InChI is InChI=1S/C21H20F2N2O3S/c1-12-7-6-8-14(11-12)25-13(2)17(19(26)27-3)18(24-21(25)29)15-9-4-5-10-16(15)28-20(22)23/h4-11,18,20H,1-3H3,(H,24,29). The molecule has 0 radical (unpaired) electrons. The van der Waals surface area contributed by atoms with Crippen LogP contribution in [0.25, 0.3) is 0 Å². The fraction of sp³-hybridized carbons (Fsp3) is 0.238. The Hall–Kier alpha value is -3.00. The number of para-hydroxylation sites is 1. The van der Waals surface area contributed by atoms with Crippen LogP contribution >= 0.6 is 12.2 Å². The molecule has 0 aliphatic carbocycles. The molecule has 29 heavy (non-hydrogen) atoms. The van der Waals surface area contributed by atoms with Crippen molar-refractivity contribution in [2.24, 2.45) is 0 Å². The molecule has 0 saturated heterocycles. The Labute approximate surface area is 172 Å². The largest absolute Gasteiger partial charge is 0.466 e. The summed E-state index contributed by atoms with van der Waals surface area (Å²) in [6, 6.07) is 13.1. The highest BCUT2D eigenvalue weighted by atomic mass is 32.1. The predicted octanol–water partition coefficient (Wildman–Crippen LogP) is 4.48. The van der Waals surface area contributed by atoms with Crippen molar-refractivity contribution in [1.29, 1.82) is 0 Å². The van der Waals surface area contributed by atoms with Gasteiger partial charge in [-0.25, -0.2) is 4.79 Å². The zero-order valence-electron chi connectivity index (χ0n) is 16.1. The average molecular weight is 418 g/mol. The molecular formula is C21H20F2N2O3S. The van der Waals surface area contributed by atoms with Gasteiger partial charge in [0.1, 0.15) is 5.75 Å². The number of benzene rings is 2. The second-order valence-electron chi connectivity index (χ2n) is 6.46. The number of methoxy groups -OCH3 is 1. The molecule has 0 aromatic heterocycles. The van der Waals surface area contributed by atoms with E-state index in [-0.39, 0.29) is 11.3 Å². The number of nitrogens with one attached hydrogen (secondary N) is 1. The highest BCUT2D eigenvalue weighted by Gasteiger charge is 2.36. The minimum absolute atomic E-state index is 0.0407. The minimum Gasteiger partial charge on any atom is -0.466 e. The molecule has 1 unspecified atom stereocenters. The molecule has 1 aliphatic heterocycles. The van der Waals surface area contributed by atoms with Gasteiger partial charge in [-0.2, -0.15) is 8.78 Å². The van der Waals surface area contributed by atoms with Crippen LogP contribution in [0.15, 0.2) is 59.8 Å². The minimum atomic E-state index is -3.00. The topological polar surface area (TPSA) is 50.8 Å². The van der Waals surface area contributed by atoms with Crippen LogP contribution < -0.4 is 15.0 Å². The third kappa shape index (κ3) is 4.22. The SMILES string of the molecule is COC(=O)C1=C(C)N(c2cccc(C)c2)C(=S)NC1c1ccccc1OC(F)F. The number of alkyl halides is 2. The summed E-state index contributed by atoms with van der Waals surface area (Å²) in [5.41, 5.74) is 2.96. The molecule has 1 atom stereocenters. The number of allylic oxidation sites excluding steroid dienone is 1. The van der Waals surface area contributed by atoms with Crippen LogP contribution in [-0.2, 0) is 9.53 Å². The monoisotopic (exact) mass is 418 g/mol. The van der Waals surface area contributed by atoms with E-state index >= 15 is 0 Å². The first-order valence-electron chi connectivity index (χ1n) is 8.83. The first kappa shape index (κ1) is 20.7. The number of anilines is 1. The van der Waals surface area contributed by atoms with Gasteiger partial charge in [0, 0.05) is 16.9 Å². The van der Waals surface area contributed by atoms with E-state index < -0.39 is 18.6 Å². The van der Waals surface area contributed by atoms with Crippen LogP contribution in [0, 0.1) is 6.92 Å². The predicted molar refractivity (Wildman–Crippen MR) is 110 cm³/mol. The number of carbonyl (C=O) groups is 1. The molecule has 0 saturated carbocycles. The first-order valence-corrected chi connectivity index (χ1v) is 9.24. The van der Waals surface area contributed by atoms with Gasteiger partial charge in [-0.15, -0.1) is 0 Å². The smallest absolute Gasteiger partial charge is 0.387 e. The Kier molecular flexibility index (Phi) is 6.12. The first-order chi connectivity index (χ1) is 13.8. The summed E-state index contributed by atoms with van der Waals surface area (Å²) in [6.07, 6.45) is 0. The second-order valence-corrected chi connectivity index (χ2v) is 6.85. The van der Waals surface area contributed by atoms with Gasteiger partial charge in [-0.05, 0) is 49.8 Å². The fourth-order valence-corrected chi connectivity index (χ4v) is 3.71. The van der Waals surface area contributed by atoms with Crippen molar-refractivity contribution in [2.45, 2.75) is 26.5 Å². The Bertz CT molecular complexity index is 978. The molecule has 1 aliphatic rings. The third-order valence-electron chi connectivity index (χ3n) is 4.60. The maximum atomic E-state index is 12.9. The molecule has 0 amide bonds. The van der Waals surface area contributed by atoms with Gasteiger partial charge < -0.3 is 14.8 Å². The number of ether oxygens (including phenoxy) is 2. The highest BCUT2D eigenvalue weighted by Crippen LogP contribution is 2.38. The lowest BCUT2D eigenvalue weighted by atomic mass is 9.94. The molecule has 5 nitrogen and oxygen atoms in total. The number of hydrogen-bond acceptors (Lipinski definition) is 4. The molecule has 1 heterocycles. The van der Waals surface area contributed by atoms with E-state index in [0.717, 1.165) is 11.3 Å². The van der Waals surface area contributed by atoms with Crippen molar-refractivity contribution in [3.05, 3.63) is 70.9 Å². The van der Waals surface area contributed by atoms with Crippen LogP contribution in [0.1, 0.15) is 24.1 Å². The van der Waals surface area contributed by atoms with Crippen LogP contribution in [0.2, 0.25) is 0 Å². The van der Waals surface area contributed by atoms with Gasteiger partial charge in [0.2, 0.25) is 0 Å². The van der Waals surface area contributed by atoms with Gasteiger partial charge >= 0.3 is 12.6 Å². The molecule has 0 bridgehead atoms. The number of carbonyl (C=O) groups excluding carboxylic acids is 1. The lowest BCUT2D eigenvalue weighted by Gasteiger charge is -2.37. The average Bonchev–Trinajstić information content (AvgIpc) is 2.67. The highest BCUT2D eigenvalue weighted by molar-refractivity contribution is 7.80. The zero-order valence-corrected chi connectivity index (χ0v) is 16.9. The molecule has 1 N–H and O–H groups in total. The van der Waals surface area contributed by atoms with Gasteiger partial charge in [0.05, 0.1) is 18.7 Å². The van der Waals surface area contributed by atoms with Gasteiger partial charge in [0.25, 0.3) is 0 Å². The van der Waals surface area contributed by atoms with Gasteiger partial charge in [-0.3, -0.25) is 4.90 Å². The summed E-state index contributed by atoms with van der Waals surface area (Å²) in [5.74, 6) is -0.631. The Morgan fingerprint density at radius 1 is 1.17 bits per heavy atom. The van der Waals surface area contributed by atoms with Crippen LogP contribution in [0.4, 0.5) is 14.5 Å². The van der Waals surface area contributed by atoms with E-state index in [1.807, 2.05) is 31.2 Å². The molecule has 8 heteroatoms. The normalized spacial score (nSPS) is 16.7. The Morgan fingerprint density at radius 3 is 2.55 bits per heavy atom. The van der Waals surface area contributed by atoms with Crippen molar-refractivity contribution in [1.82, 2.24) is 5.32 Å². The van der Waals surface area contributed by atoms with E-state index in [1.165, 1.54) is 13.2 Å². The van der Waals surface area contributed by atoms with Crippen molar-refractivity contribution in [3.8, 4) is 5.75 Å². The number of thiocarbonyl (C=S) groups is 1. The van der Waals surface area contributed by atoms with E-state index in [4.69, 9.17) is 17.0 Å². The number of halogens is 2. The summed E-state index contributed by atoms with van der Waals surface area (Å²) >= 11 is 5.55. The Morgan fingerprint density at radius 2 is 1.90 bits per heavy atom. The summed E-state index contributed by atoms with van der Waals surface area (Å²) in [4.78, 5) is 14.4. The number of aryl methyl sites for hydroxylation is 1. The van der Waals surface area contributed by atoms with E-state index in [0.29, 0.717) is 16.4 Å². The molecular weight excluding hydrogens is 398 g/mol. The maximum absolute atomic E-state index is 12.9. The second kappa shape index (κ2) is 8.57. The Balaban J connectivity index is 2.16. The number of rotatable bonds is 5. The number of esters is 1. The van der Waals surface area contributed by atoms with Gasteiger partial charge in [0.15, 0.2) is 5.11 Å². The lowest BCUT2D eigenvalue weighted by Crippen LogP contribution is -2.48. The third-order valence-corrected chi connectivity index (χ3v) is 4.90. The van der Waals surface area contributed by atoms with Crippen LogP contribution in [0.5, 0.6) is 5.75 Å². The van der Waals surface area contributed by atoms with Crippen LogP contribution in [0.3, 0.4) is 0 Å². The zero-order chi connectivity index (χ0) is 21.1. The van der Waals surface area contributed by atoms with Gasteiger partial charge in [-0.1, -0.05) is 30.3 Å². The van der Waals surface area contributed by atoms with Crippen molar-refractivity contribution in [3.63, 3.8) is 0 Å².